The Morgan fingerprint density at radius 3 is 1.20 bits per heavy atom. The lowest BCUT2D eigenvalue weighted by atomic mass is 9.97. The molecule has 4 rings (SSSR count). The van der Waals surface area contributed by atoms with E-state index >= 15 is 0 Å². The van der Waals surface area contributed by atoms with Crippen LogP contribution in [0.1, 0.15) is 41.5 Å². The number of benzene rings is 2. The van der Waals surface area contributed by atoms with E-state index in [9.17, 15) is 0 Å². The summed E-state index contributed by atoms with van der Waals surface area (Å²) in [5, 5.41) is 20.8. The standard InChI is InChI=1S/C16H24O4P2.C6H4Cl4P2.C5H12O2/c1-15(2)9-17-21(18-10-15)13-7-5-6-8-14(13)22-19-11-16(3,4)12-20-22;7-11(8)5-3-1-2-4-6(5)12(9)10;1-5(2,3-6)4-7/h5-8H,9-12H2,1-4H3;1-4H;6-7H,3-4H2,1-2H3. The lowest BCUT2D eigenvalue weighted by Gasteiger charge is -2.37. The van der Waals surface area contributed by atoms with E-state index in [0.29, 0.717) is 0 Å². The first-order valence-corrected chi connectivity index (χ1v) is 21.5. The third-order valence-electron chi connectivity index (χ3n) is 5.67. The zero-order chi connectivity index (χ0) is 30.8. The van der Waals surface area contributed by atoms with Crippen molar-refractivity contribution in [3.05, 3.63) is 48.5 Å². The summed E-state index contributed by atoms with van der Waals surface area (Å²) >= 11 is 23.1. The van der Waals surface area contributed by atoms with Gasteiger partial charge in [-0.1, -0.05) is 123 Å². The summed E-state index contributed by atoms with van der Waals surface area (Å²) in [5.41, 5.74) is -0.137. The van der Waals surface area contributed by atoms with Gasteiger partial charge in [0, 0.05) is 37.5 Å². The van der Waals surface area contributed by atoms with Crippen LogP contribution in [0.5, 0.6) is 0 Å². The highest BCUT2D eigenvalue weighted by Gasteiger charge is 2.35. The SMILES string of the molecule is CC(C)(CO)CO.CC1(C)COP(c2ccccc2P2OCC(C)(C)CO2)OC1.ClP(Cl)c1ccccc1P(Cl)Cl. The molecule has 2 N–H and O–H groups in total. The average molecular weight is 726 g/mol. The summed E-state index contributed by atoms with van der Waals surface area (Å²) in [6.07, 6.45) is 0. The third kappa shape index (κ3) is 13.1. The van der Waals surface area contributed by atoms with Crippen molar-refractivity contribution in [1.29, 1.82) is 0 Å². The monoisotopic (exact) mass is 724 g/mol. The van der Waals surface area contributed by atoms with E-state index in [-0.39, 0.29) is 29.5 Å². The van der Waals surface area contributed by atoms with Crippen molar-refractivity contribution in [2.45, 2.75) is 41.5 Å². The molecule has 2 aliphatic rings. The number of halogens is 4. The van der Waals surface area contributed by atoms with Crippen LogP contribution in [0.3, 0.4) is 0 Å². The van der Waals surface area contributed by atoms with Crippen LogP contribution in [-0.2, 0) is 18.1 Å². The summed E-state index contributed by atoms with van der Waals surface area (Å²) < 4.78 is 24.0. The van der Waals surface area contributed by atoms with Crippen molar-refractivity contribution >= 4 is 96.2 Å². The second kappa shape index (κ2) is 17.7. The summed E-state index contributed by atoms with van der Waals surface area (Å²) in [7, 11) is -2.08. The summed E-state index contributed by atoms with van der Waals surface area (Å²) in [4.78, 5) is 0. The van der Waals surface area contributed by atoms with Crippen LogP contribution in [0.4, 0.5) is 0 Å². The van der Waals surface area contributed by atoms with Gasteiger partial charge in [-0.25, -0.2) is 0 Å². The zero-order valence-corrected chi connectivity index (χ0v) is 30.8. The second-order valence-corrected chi connectivity index (χ2v) is 21.9. The lowest BCUT2D eigenvalue weighted by molar-refractivity contribution is 0.0643. The van der Waals surface area contributed by atoms with E-state index in [1.807, 2.05) is 36.4 Å². The number of rotatable bonds is 6. The molecule has 2 saturated heterocycles. The van der Waals surface area contributed by atoms with E-state index in [1.165, 1.54) is 0 Å². The molecule has 232 valence electrons. The third-order valence-corrected chi connectivity index (χ3v) is 12.7. The van der Waals surface area contributed by atoms with Crippen molar-refractivity contribution < 1.29 is 28.3 Å². The Morgan fingerprint density at radius 2 is 0.951 bits per heavy atom. The molecule has 0 unspecified atom stereocenters. The van der Waals surface area contributed by atoms with Crippen LogP contribution >= 0.6 is 75.0 Å². The number of hydrogen-bond donors (Lipinski definition) is 2. The Morgan fingerprint density at radius 1 is 0.659 bits per heavy atom. The van der Waals surface area contributed by atoms with Crippen LogP contribution in [0.25, 0.3) is 0 Å². The molecule has 0 atom stereocenters. The fourth-order valence-corrected chi connectivity index (χ4v) is 10.9. The van der Waals surface area contributed by atoms with Gasteiger partial charge < -0.3 is 28.3 Å². The minimum absolute atomic E-state index is 0.0451. The van der Waals surface area contributed by atoms with E-state index in [4.69, 9.17) is 73.3 Å². The van der Waals surface area contributed by atoms with Crippen molar-refractivity contribution in [3.8, 4) is 0 Å². The van der Waals surface area contributed by atoms with Gasteiger partial charge in [0.05, 0.1) is 39.6 Å². The molecular formula is C27H40Cl4O6P4. The molecule has 2 fully saturated rings. The second-order valence-electron chi connectivity index (χ2n) is 11.9. The topological polar surface area (TPSA) is 77.4 Å². The van der Waals surface area contributed by atoms with Crippen molar-refractivity contribution in [3.63, 3.8) is 0 Å². The zero-order valence-electron chi connectivity index (χ0n) is 24.2. The normalized spacial score (nSPS) is 19.3. The molecule has 6 nitrogen and oxygen atoms in total. The minimum Gasteiger partial charge on any atom is -0.396 e. The Labute approximate surface area is 269 Å². The summed E-state index contributed by atoms with van der Waals surface area (Å²) in [5.74, 6) is 0. The highest BCUT2D eigenvalue weighted by atomic mass is 35.9. The molecule has 2 aromatic carbocycles. The molecule has 0 aromatic heterocycles. The Kier molecular flexibility index (Phi) is 16.5. The molecule has 0 saturated carbocycles. The molecule has 2 heterocycles. The Balaban J connectivity index is 0.000000259. The molecular weight excluding hydrogens is 686 g/mol. The van der Waals surface area contributed by atoms with Gasteiger partial charge in [0.1, 0.15) is 13.3 Å². The van der Waals surface area contributed by atoms with Gasteiger partial charge in [0.15, 0.2) is 0 Å². The molecule has 2 aromatic rings. The van der Waals surface area contributed by atoms with Gasteiger partial charge in [-0.2, -0.15) is 0 Å². The molecule has 2 aliphatic heterocycles. The summed E-state index contributed by atoms with van der Waals surface area (Å²) in [6.45, 7) is 12.9. The predicted octanol–water partition coefficient (Wildman–Crippen LogP) is 8.22. The molecule has 0 radical (unpaired) electrons. The van der Waals surface area contributed by atoms with Crippen molar-refractivity contribution in [2.24, 2.45) is 16.2 Å². The highest BCUT2D eigenvalue weighted by molar-refractivity contribution is 8.13. The first-order chi connectivity index (χ1) is 19.1. The van der Waals surface area contributed by atoms with Crippen LogP contribution in [0, 0.1) is 16.2 Å². The smallest absolute Gasteiger partial charge is 0.205 e. The van der Waals surface area contributed by atoms with Gasteiger partial charge in [-0.15, -0.1) is 0 Å². The van der Waals surface area contributed by atoms with E-state index in [1.54, 1.807) is 13.8 Å². The van der Waals surface area contributed by atoms with E-state index in [0.717, 1.165) is 47.6 Å². The highest BCUT2D eigenvalue weighted by Crippen LogP contribution is 2.51. The van der Waals surface area contributed by atoms with Crippen molar-refractivity contribution in [2.75, 3.05) is 39.6 Å². The average Bonchev–Trinajstić information content (AvgIpc) is 2.94. The fraction of sp³-hybridized carbons (Fsp3) is 0.556. The number of aliphatic hydroxyl groups is 2. The van der Waals surface area contributed by atoms with Gasteiger partial charge in [-0.3, -0.25) is 0 Å². The predicted molar refractivity (Wildman–Crippen MR) is 182 cm³/mol. The van der Waals surface area contributed by atoms with E-state index in [2.05, 4.69) is 39.8 Å². The van der Waals surface area contributed by atoms with Gasteiger partial charge in [0.25, 0.3) is 0 Å². The van der Waals surface area contributed by atoms with Crippen molar-refractivity contribution in [1.82, 2.24) is 0 Å². The maximum atomic E-state index is 8.43. The van der Waals surface area contributed by atoms with Crippen LogP contribution in [-0.4, -0.2) is 49.9 Å². The van der Waals surface area contributed by atoms with Gasteiger partial charge in [0.2, 0.25) is 16.8 Å². The van der Waals surface area contributed by atoms with E-state index < -0.39 is 30.0 Å². The first kappa shape index (κ1) is 38.3. The molecule has 0 aliphatic carbocycles. The Hall–Kier alpha value is 1.08. The first-order valence-electron chi connectivity index (χ1n) is 12.9. The maximum absolute atomic E-state index is 8.43. The lowest BCUT2D eigenvalue weighted by Crippen LogP contribution is -2.36. The number of hydrogen-bond acceptors (Lipinski definition) is 6. The quantitative estimate of drug-likeness (QED) is 0.293. The molecule has 14 heteroatoms. The molecule has 0 amide bonds. The molecule has 0 bridgehead atoms. The van der Waals surface area contributed by atoms with Gasteiger partial charge in [-0.05, 0) is 12.1 Å². The fourth-order valence-electron chi connectivity index (χ4n) is 2.94. The van der Waals surface area contributed by atoms with Gasteiger partial charge >= 0.3 is 0 Å². The summed E-state index contributed by atoms with van der Waals surface area (Å²) in [6, 6.07) is 15.6. The largest absolute Gasteiger partial charge is 0.396 e. The van der Waals surface area contributed by atoms with Crippen LogP contribution in [0.2, 0.25) is 0 Å². The molecule has 0 spiro atoms. The van der Waals surface area contributed by atoms with Crippen LogP contribution < -0.4 is 21.2 Å². The van der Waals surface area contributed by atoms with Crippen LogP contribution in [0.15, 0.2) is 48.5 Å². The minimum atomic E-state index is -1.16. The Bertz CT molecular complexity index is 978. The number of aliphatic hydroxyl groups excluding tert-OH is 2. The molecule has 41 heavy (non-hydrogen) atoms. The maximum Gasteiger partial charge on any atom is 0.205 e.